The van der Waals surface area contributed by atoms with Gasteiger partial charge >= 0.3 is 5.97 Å². The van der Waals surface area contributed by atoms with Gasteiger partial charge in [-0.05, 0) is 37.3 Å². The van der Waals surface area contributed by atoms with Crippen LogP contribution in [0.15, 0.2) is 53.8 Å². The SMILES string of the molecule is CC(C)COC(=O)C1=C(O)C2(C)CCCN2N(Cc2ccc(OCc3ccccc3)c(F)c2F)C1=O. The number of aliphatic hydroxyl groups excluding tert-OH is 1. The first-order chi connectivity index (χ1) is 17.1. The van der Waals surface area contributed by atoms with Gasteiger partial charge in [0.2, 0.25) is 5.82 Å². The lowest BCUT2D eigenvalue weighted by molar-refractivity contribution is -0.164. The Bertz CT molecular complexity index is 1180. The molecule has 1 amide bonds. The zero-order valence-corrected chi connectivity index (χ0v) is 20.6. The van der Waals surface area contributed by atoms with Crippen molar-refractivity contribution in [3.8, 4) is 5.75 Å². The van der Waals surface area contributed by atoms with Crippen LogP contribution in [0.2, 0.25) is 0 Å². The molecule has 2 heterocycles. The molecule has 9 heteroatoms. The fraction of sp³-hybridized carbons (Fsp3) is 0.407. The third-order valence-electron chi connectivity index (χ3n) is 6.53. The maximum absolute atomic E-state index is 15.1. The number of hydrogen-bond acceptors (Lipinski definition) is 6. The molecular formula is C27H30F2N2O5. The summed E-state index contributed by atoms with van der Waals surface area (Å²) >= 11 is 0. The van der Waals surface area contributed by atoms with Crippen molar-refractivity contribution in [2.45, 2.75) is 52.3 Å². The van der Waals surface area contributed by atoms with Crippen LogP contribution in [-0.4, -0.2) is 45.7 Å². The molecular weight excluding hydrogens is 470 g/mol. The first-order valence-corrected chi connectivity index (χ1v) is 12.0. The van der Waals surface area contributed by atoms with Crippen LogP contribution in [0.4, 0.5) is 8.78 Å². The van der Waals surface area contributed by atoms with E-state index in [0.29, 0.717) is 19.4 Å². The molecule has 2 aromatic carbocycles. The third-order valence-corrected chi connectivity index (χ3v) is 6.53. The van der Waals surface area contributed by atoms with E-state index in [9.17, 15) is 19.1 Å². The average Bonchev–Trinajstić information content (AvgIpc) is 3.26. The number of carbonyl (C=O) groups excluding carboxylic acids is 2. The molecule has 36 heavy (non-hydrogen) atoms. The summed E-state index contributed by atoms with van der Waals surface area (Å²) in [5, 5.41) is 13.7. The van der Waals surface area contributed by atoms with E-state index in [2.05, 4.69) is 0 Å². The van der Waals surface area contributed by atoms with Gasteiger partial charge in [0.1, 0.15) is 12.4 Å². The van der Waals surface area contributed by atoms with E-state index in [1.807, 2.05) is 44.2 Å². The Morgan fingerprint density at radius 3 is 2.56 bits per heavy atom. The number of aliphatic hydroxyl groups is 1. The number of rotatable bonds is 8. The molecule has 1 N–H and O–H groups in total. The van der Waals surface area contributed by atoms with Crippen LogP contribution in [0.25, 0.3) is 0 Å². The Balaban J connectivity index is 1.59. The van der Waals surface area contributed by atoms with Crippen molar-refractivity contribution >= 4 is 11.9 Å². The molecule has 192 valence electrons. The molecule has 0 aliphatic carbocycles. The Morgan fingerprint density at radius 2 is 1.86 bits per heavy atom. The second kappa shape index (κ2) is 10.3. The zero-order chi connectivity index (χ0) is 26.0. The Hall–Kier alpha value is -3.46. The van der Waals surface area contributed by atoms with E-state index in [0.717, 1.165) is 5.56 Å². The summed E-state index contributed by atoms with van der Waals surface area (Å²) in [4.78, 5) is 26.1. The predicted octanol–water partition coefficient (Wildman–Crippen LogP) is 4.67. The normalized spacial score (nSPS) is 20.2. The van der Waals surface area contributed by atoms with Gasteiger partial charge in [0.05, 0.1) is 18.7 Å². The lowest BCUT2D eigenvalue weighted by atomic mass is 9.91. The van der Waals surface area contributed by atoms with Crippen molar-refractivity contribution in [1.82, 2.24) is 10.0 Å². The van der Waals surface area contributed by atoms with Crippen LogP contribution in [0.1, 0.15) is 44.7 Å². The van der Waals surface area contributed by atoms with Crippen molar-refractivity contribution in [2.24, 2.45) is 5.92 Å². The summed E-state index contributed by atoms with van der Waals surface area (Å²) in [5.74, 6) is -4.61. The summed E-state index contributed by atoms with van der Waals surface area (Å²) < 4.78 is 40.6. The number of hydrazine groups is 1. The number of halogens is 2. The van der Waals surface area contributed by atoms with Gasteiger partial charge in [-0.3, -0.25) is 9.80 Å². The minimum atomic E-state index is -1.16. The van der Waals surface area contributed by atoms with E-state index in [1.54, 1.807) is 11.9 Å². The average molecular weight is 501 g/mol. The molecule has 1 atom stereocenters. The van der Waals surface area contributed by atoms with Crippen molar-refractivity contribution in [2.75, 3.05) is 13.2 Å². The number of amides is 1. The van der Waals surface area contributed by atoms with Crippen LogP contribution >= 0.6 is 0 Å². The second-order valence-electron chi connectivity index (χ2n) is 9.70. The molecule has 1 fully saturated rings. The van der Waals surface area contributed by atoms with Crippen molar-refractivity contribution in [1.29, 1.82) is 0 Å². The highest BCUT2D eigenvalue weighted by molar-refractivity contribution is 6.17. The van der Waals surface area contributed by atoms with Gasteiger partial charge in [-0.15, -0.1) is 0 Å². The quantitative estimate of drug-likeness (QED) is 0.419. The molecule has 7 nitrogen and oxygen atoms in total. The Labute approximate surface area is 208 Å². The molecule has 1 saturated heterocycles. The highest BCUT2D eigenvalue weighted by Crippen LogP contribution is 2.42. The maximum Gasteiger partial charge on any atom is 0.347 e. The van der Waals surface area contributed by atoms with Crippen molar-refractivity contribution < 1.29 is 33.0 Å². The summed E-state index contributed by atoms with van der Waals surface area (Å²) in [7, 11) is 0. The van der Waals surface area contributed by atoms with Gasteiger partial charge < -0.3 is 14.6 Å². The number of ether oxygens (including phenoxy) is 2. The minimum Gasteiger partial charge on any atom is -0.509 e. The van der Waals surface area contributed by atoms with Gasteiger partial charge in [-0.25, -0.2) is 14.2 Å². The molecule has 0 saturated carbocycles. The molecule has 4 rings (SSSR count). The van der Waals surface area contributed by atoms with E-state index in [-0.39, 0.29) is 42.7 Å². The number of esters is 1. The van der Waals surface area contributed by atoms with Crippen LogP contribution in [-0.2, 0) is 27.5 Å². The third kappa shape index (κ3) is 4.80. The highest BCUT2D eigenvalue weighted by atomic mass is 19.2. The van der Waals surface area contributed by atoms with Gasteiger partial charge in [-0.1, -0.05) is 50.2 Å². The number of fused-ring (bicyclic) bond motifs is 1. The lowest BCUT2D eigenvalue weighted by Crippen LogP contribution is -2.60. The lowest BCUT2D eigenvalue weighted by Gasteiger charge is -2.46. The second-order valence-corrected chi connectivity index (χ2v) is 9.70. The number of hydrogen-bond donors (Lipinski definition) is 1. The number of nitrogens with zero attached hydrogens (tertiary/aromatic N) is 2. The summed E-state index contributed by atoms with van der Waals surface area (Å²) in [6, 6.07) is 11.8. The summed E-state index contributed by atoms with van der Waals surface area (Å²) in [6.07, 6.45) is 1.12. The first kappa shape index (κ1) is 25.6. The number of carbonyl (C=O) groups is 2. The van der Waals surface area contributed by atoms with Crippen LogP contribution < -0.4 is 4.74 Å². The molecule has 2 aromatic rings. The van der Waals surface area contributed by atoms with E-state index in [1.165, 1.54) is 17.1 Å². The minimum absolute atomic E-state index is 0.0322. The molecule has 0 spiro atoms. The first-order valence-electron chi connectivity index (χ1n) is 12.0. The monoisotopic (exact) mass is 500 g/mol. The Kier molecular flexibility index (Phi) is 7.31. The van der Waals surface area contributed by atoms with E-state index >= 15 is 4.39 Å². The van der Waals surface area contributed by atoms with E-state index in [4.69, 9.17) is 9.47 Å². The van der Waals surface area contributed by atoms with E-state index < -0.39 is 34.6 Å². The Morgan fingerprint density at radius 1 is 1.14 bits per heavy atom. The van der Waals surface area contributed by atoms with Gasteiger partial charge in [0.15, 0.2) is 17.1 Å². The smallest absolute Gasteiger partial charge is 0.347 e. The topological polar surface area (TPSA) is 79.3 Å². The molecule has 0 bridgehead atoms. The van der Waals surface area contributed by atoms with Crippen molar-refractivity contribution in [3.05, 3.63) is 76.6 Å². The van der Waals surface area contributed by atoms with Crippen LogP contribution in [0.3, 0.4) is 0 Å². The van der Waals surface area contributed by atoms with Crippen molar-refractivity contribution in [3.63, 3.8) is 0 Å². The largest absolute Gasteiger partial charge is 0.509 e. The predicted molar refractivity (Wildman–Crippen MR) is 127 cm³/mol. The highest BCUT2D eigenvalue weighted by Gasteiger charge is 2.53. The summed E-state index contributed by atoms with van der Waals surface area (Å²) in [6.45, 7) is 5.63. The van der Waals surface area contributed by atoms with Gasteiger partial charge in [0, 0.05) is 12.1 Å². The molecule has 0 aromatic heterocycles. The van der Waals surface area contributed by atoms with Gasteiger partial charge in [-0.2, -0.15) is 4.39 Å². The zero-order valence-electron chi connectivity index (χ0n) is 20.6. The van der Waals surface area contributed by atoms with Gasteiger partial charge in [0.25, 0.3) is 5.91 Å². The molecule has 2 aliphatic rings. The standard InChI is InChI=1S/C27H30F2N2O5/c1-17(2)15-36-26(34)21-24(32)27(3)12-7-13-31(27)30(25(21)33)14-19-10-11-20(23(29)22(19)28)35-16-18-8-5-4-6-9-18/h4-6,8-11,17,32H,7,12-16H2,1-3H3. The summed E-state index contributed by atoms with van der Waals surface area (Å²) in [5.41, 5.74) is -0.788. The molecule has 0 radical (unpaired) electrons. The number of benzene rings is 2. The molecule has 2 aliphatic heterocycles. The fourth-order valence-corrected chi connectivity index (χ4v) is 4.54. The van der Waals surface area contributed by atoms with Crippen LogP contribution in [0.5, 0.6) is 5.75 Å². The molecule has 1 unspecified atom stereocenters. The van der Waals surface area contributed by atoms with Crippen LogP contribution in [0, 0.1) is 17.6 Å². The fourth-order valence-electron chi connectivity index (χ4n) is 4.54. The maximum atomic E-state index is 15.1.